The van der Waals surface area contributed by atoms with Crippen LogP contribution in [0.25, 0.3) is 49.4 Å². The Kier molecular flexibility index (Phi) is 4.73. The van der Waals surface area contributed by atoms with Crippen molar-refractivity contribution < 1.29 is 4.74 Å². The summed E-state index contributed by atoms with van der Waals surface area (Å²) in [6, 6.07) is 37.6. The Bertz CT molecular complexity index is 1970. The lowest BCUT2D eigenvalue weighted by Gasteiger charge is -2.44. The molecule has 0 spiro atoms. The number of hydrogen-bond acceptors (Lipinski definition) is 1. The molecule has 0 bridgehead atoms. The number of para-hydroxylation sites is 1. The average molecular weight is 504 g/mol. The van der Waals surface area contributed by atoms with Gasteiger partial charge >= 0.3 is 0 Å². The van der Waals surface area contributed by atoms with Gasteiger partial charge in [0.05, 0.1) is 11.0 Å². The van der Waals surface area contributed by atoms with Gasteiger partial charge in [-0.15, -0.1) is 0 Å². The molecule has 2 heterocycles. The van der Waals surface area contributed by atoms with Crippen LogP contribution in [0.5, 0.6) is 5.75 Å². The first kappa shape index (κ1) is 22.4. The largest absolute Gasteiger partial charge is 0.485 e. The fraction of sp³-hybridized carbons (Fsp3) is 0.135. The summed E-state index contributed by atoms with van der Waals surface area (Å²) >= 11 is 0. The predicted molar refractivity (Wildman–Crippen MR) is 163 cm³/mol. The maximum atomic E-state index is 6.40. The monoisotopic (exact) mass is 503 g/mol. The summed E-state index contributed by atoms with van der Waals surface area (Å²) in [5.74, 6) is 1.33. The number of allylic oxidation sites excluding steroid dienone is 2. The zero-order valence-electron chi connectivity index (χ0n) is 22.1. The van der Waals surface area contributed by atoms with E-state index < -0.39 is 0 Å². The molecule has 0 fully saturated rings. The molecule has 5 aromatic carbocycles. The first-order valence-corrected chi connectivity index (χ1v) is 13.8. The molecule has 0 radical (unpaired) electrons. The number of rotatable bonds is 2. The molecule has 0 amide bonds. The van der Waals surface area contributed by atoms with E-state index in [2.05, 4.69) is 146 Å². The zero-order valence-corrected chi connectivity index (χ0v) is 22.1. The van der Waals surface area contributed by atoms with E-state index >= 15 is 0 Å². The van der Waals surface area contributed by atoms with E-state index in [0.29, 0.717) is 5.92 Å². The smallest absolute Gasteiger partial charge is 0.124 e. The van der Waals surface area contributed by atoms with Crippen LogP contribution in [0.1, 0.15) is 19.4 Å². The molecule has 1 aliphatic carbocycles. The van der Waals surface area contributed by atoms with Crippen molar-refractivity contribution in [3.63, 3.8) is 0 Å². The fourth-order valence-corrected chi connectivity index (χ4v) is 6.81. The van der Waals surface area contributed by atoms with Gasteiger partial charge in [0.1, 0.15) is 11.9 Å². The van der Waals surface area contributed by atoms with E-state index in [1.165, 1.54) is 55.0 Å². The molecule has 1 aromatic heterocycles. The molecule has 8 rings (SSSR count). The van der Waals surface area contributed by atoms with E-state index in [-0.39, 0.29) is 11.5 Å². The summed E-state index contributed by atoms with van der Waals surface area (Å²) in [6.45, 7) is 4.68. The Morgan fingerprint density at radius 1 is 0.667 bits per heavy atom. The van der Waals surface area contributed by atoms with Gasteiger partial charge in [0, 0.05) is 33.4 Å². The molecule has 2 heteroatoms. The predicted octanol–water partition coefficient (Wildman–Crippen LogP) is 9.38. The molecule has 2 atom stereocenters. The molecule has 2 unspecified atom stereocenters. The van der Waals surface area contributed by atoms with Gasteiger partial charge in [-0.1, -0.05) is 98.8 Å². The Hall–Kier alpha value is -4.56. The van der Waals surface area contributed by atoms with E-state index in [1.807, 2.05) is 0 Å². The average Bonchev–Trinajstić information content (AvgIpc) is 3.32. The van der Waals surface area contributed by atoms with Crippen LogP contribution in [0.15, 0.2) is 127 Å². The summed E-state index contributed by atoms with van der Waals surface area (Å²) in [7, 11) is 0. The van der Waals surface area contributed by atoms with Crippen molar-refractivity contribution in [3.05, 3.63) is 133 Å². The lowest BCUT2D eigenvalue weighted by molar-refractivity contribution is 0.123. The Morgan fingerprint density at radius 2 is 1.41 bits per heavy atom. The van der Waals surface area contributed by atoms with Gasteiger partial charge in [0.25, 0.3) is 0 Å². The number of benzene rings is 5. The fourth-order valence-electron chi connectivity index (χ4n) is 6.81. The summed E-state index contributed by atoms with van der Waals surface area (Å²) in [6.07, 6.45) is 8.82. The van der Waals surface area contributed by atoms with Crippen molar-refractivity contribution in [2.75, 3.05) is 0 Å². The topological polar surface area (TPSA) is 14.2 Å². The molecule has 39 heavy (non-hydrogen) atoms. The molecular weight excluding hydrogens is 474 g/mol. The van der Waals surface area contributed by atoms with E-state index in [1.54, 1.807) is 0 Å². The number of aromatic nitrogens is 1. The third-order valence-electron chi connectivity index (χ3n) is 8.88. The van der Waals surface area contributed by atoms with Crippen molar-refractivity contribution in [2.24, 2.45) is 5.92 Å². The third-order valence-corrected chi connectivity index (χ3v) is 8.88. The highest BCUT2D eigenvalue weighted by Crippen LogP contribution is 2.47. The molecule has 188 valence electrons. The normalized spacial score (nSPS) is 19.2. The first-order chi connectivity index (χ1) is 19.1. The minimum atomic E-state index is -0.0127. The molecule has 0 saturated carbocycles. The highest BCUT2D eigenvalue weighted by Gasteiger charge is 2.42. The standard InChI is InChI=1S/C37H29NO/c1-37(2)30-12-6-8-14-34(30)39-35-22-18-26(23-31(35)37)24-15-19-27(20-16-24)38-32-13-7-5-11-29(32)36-28-10-4-3-9-25(28)17-21-33(36)38/h3-23,30,34H,1-2H3. The Morgan fingerprint density at radius 3 is 2.28 bits per heavy atom. The van der Waals surface area contributed by atoms with Gasteiger partial charge in [-0.2, -0.15) is 0 Å². The second-order valence-electron chi connectivity index (χ2n) is 11.4. The maximum Gasteiger partial charge on any atom is 0.124 e. The summed E-state index contributed by atoms with van der Waals surface area (Å²) in [5, 5.41) is 5.17. The Balaban J connectivity index is 1.24. The van der Waals surface area contributed by atoms with E-state index in [9.17, 15) is 0 Å². The van der Waals surface area contributed by atoms with Crippen LogP contribution in [-0.4, -0.2) is 10.7 Å². The van der Waals surface area contributed by atoms with Crippen LogP contribution in [0.2, 0.25) is 0 Å². The number of hydrogen-bond donors (Lipinski definition) is 0. The second kappa shape index (κ2) is 8.22. The van der Waals surface area contributed by atoms with Gasteiger partial charge in [-0.05, 0) is 64.4 Å². The van der Waals surface area contributed by atoms with Crippen molar-refractivity contribution in [3.8, 4) is 22.6 Å². The molecular formula is C37H29NO. The first-order valence-electron chi connectivity index (χ1n) is 13.8. The van der Waals surface area contributed by atoms with Crippen LogP contribution in [0.3, 0.4) is 0 Å². The molecule has 1 aliphatic heterocycles. The summed E-state index contributed by atoms with van der Waals surface area (Å²) in [4.78, 5) is 0. The van der Waals surface area contributed by atoms with Gasteiger partial charge in [0.15, 0.2) is 0 Å². The van der Waals surface area contributed by atoms with Gasteiger partial charge in [0.2, 0.25) is 0 Å². The van der Waals surface area contributed by atoms with Crippen LogP contribution < -0.4 is 4.74 Å². The molecule has 2 aliphatic rings. The van der Waals surface area contributed by atoms with Crippen molar-refractivity contribution in [1.82, 2.24) is 4.57 Å². The molecule has 6 aromatic rings. The van der Waals surface area contributed by atoms with Gasteiger partial charge in [-0.25, -0.2) is 0 Å². The number of ether oxygens (including phenoxy) is 1. The highest BCUT2D eigenvalue weighted by molar-refractivity contribution is 6.21. The van der Waals surface area contributed by atoms with Crippen LogP contribution in [0, 0.1) is 5.92 Å². The van der Waals surface area contributed by atoms with Gasteiger partial charge < -0.3 is 9.30 Å². The van der Waals surface area contributed by atoms with Crippen LogP contribution in [0.4, 0.5) is 0 Å². The molecule has 0 saturated heterocycles. The quantitative estimate of drug-likeness (QED) is 0.230. The zero-order chi connectivity index (χ0) is 26.1. The van der Waals surface area contributed by atoms with Crippen molar-refractivity contribution in [1.29, 1.82) is 0 Å². The lowest BCUT2D eigenvalue weighted by Crippen LogP contribution is -2.43. The van der Waals surface area contributed by atoms with Crippen molar-refractivity contribution in [2.45, 2.75) is 25.4 Å². The minimum absolute atomic E-state index is 0.0127. The SMILES string of the molecule is CC1(C)c2cc(-c3ccc(-n4c5ccccc5c5c6ccccc6ccc54)cc3)ccc2OC2C=CC=CC21. The van der Waals surface area contributed by atoms with Crippen LogP contribution >= 0.6 is 0 Å². The molecule has 0 N–H and O–H groups in total. The number of fused-ring (bicyclic) bond motifs is 7. The van der Waals surface area contributed by atoms with Crippen molar-refractivity contribution >= 4 is 32.6 Å². The second-order valence-corrected chi connectivity index (χ2v) is 11.4. The minimum Gasteiger partial charge on any atom is -0.485 e. The van der Waals surface area contributed by atoms with Crippen LogP contribution in [-0.2, 0) is 5.41 Å². The molecule has 2 nitrogen and oxygen atoms in total. The summed E-state index contributed by atoms with van der Waals surface area (Å²) < 4.78 is 8.80. The van der Waals surface area contributed by atoms with E-state index in [0.717, 1.165) is 5.75 Å². The van der Waals surface area contributed by atoms with Gasteiger partial charge in [-0.3, -0.25) is 0 Å². The third kappa shape index (κ3) is 3.28. The highest BCUT2D eigenvalue weighted by atomic mass is 16.5. The van der Waals surface area contributed by atoms with E-state index in [4.69, 9.17) is 4.74 Å². The lowest BCUT2D eigenvalue weighted by atomic mass is 9.67. The summed E-state index contributed by atoms with van der Waals surface area (Å²) in [5.41, 5.74) is 7.33. The maximum absolute atomic E-state index is 6.40. The number of nitrogens with zero attached hydrogens (tertiary/aromatic N) is 1. The Labute approximate surface area is 228 Å².